The highest BCUT2D eigenvalue weighted by molar-refractivity contribution is 6.03. The van der Waals surface area contributed by atoms with Crippen LogP contribution in [0, 0.1) is 33.7 Å². The van der Waals surface area contributed by atoms with Crippen LogP contribution in [0.5, 0.6) is 17.2 Å². The second kappa shape index (κ2) is 23.2. The van der Waals surface area contributed by atoms with E-state index >= 15 is 0 Å². The first-order chi connectivity index (χ1) is 34.2. The molecule has 8 rings (SSSR count). The van der Waals surface area contributed by atoms with Gasteiger partial charge >= 0.3 is 6.09 Å². The first-order valence-corrected chi connectivity index (χ1v) is 24.1. The molecule has 1 heterocycles. The lowest BCUT2D eigenvalue weighted by Crippen LogP contribution is -2.70. The highest BCUT2D eigenvalue weighted by Gasteiger charge is 2.65. The normalized spacial score (nSPS) is 21.7. The van der Waals surface area contributed by atoms with Gasteiger partial charge in [-0.1, -0.05) is 78.7 Å². The molecule has 5 aromatic carbocycles. The lowest BCUT2D eigenvalue weighted by atomic mass is 9.55. The maximum atomic E-state index is 14.8. The second-order valence-electron chi connectivity index (χ2n) is 18.0. The van der Waals surface area contributed by atoms with Crippen molar-refractivity contribution in [3.05, 3.63) is 179 Å². The zero-order chi connectivity index (χ0) is 49.0. The molecule has 0 radical (unpaired) electrons. The number of ether oxygens (including phenoxy) is 4. The number of nitrogens with zero attached hydrogens (tertiary/aromatic N) is 3. The molecule has 0 spiro atoms. The smallest absolute Gasteiger partial charge is 0.410 e. The predicted octanol–water partition coefficient (Wildman–Crippen LogP) is 11.7. The van der Waals surface area contributed by atoms with Gasteiger partial charge < -0.3 is 34.0 Å². The van der Waals surface area contributed by atoms with E-state index in [1.807, 2.05) is 54.6 Å². The summed E-state index contributed by atoms with van der Waals surface area (Å²) in [6, 6.07) is 30.9. The van der Waals surface area contributed by atoms with E-state index in [0.717, 1.165) is 47.6 Å². The van der Waals surface area contributed by atoms with Gasteiger partial charge in [0.1, 0.15) is 35.7 Å². The average molecular weight is 954 g/mol. The number of oxime groups is 1. The predicted molar refractivity (Wildman–Crippen MR) is 265 cm³/mol. The molecule has 2 aliphatic carbocycles. The maximum Gasteiger partial charge on any atom is 0.410 e. The number of hydrogen-bond donors (Lipinski definition) is 2. The van der Waals surface area contributed by atoms with Gasteiger partial charge in [-0.3, -0.25) is 15.0 Å². The summed E-state index contributed by atoms with van der Waals surface area (Å²) in [5.74, 6) is -1.31. The number of fused-ring (bicyclic) bond motifs is 3. The van der Waals surface area contributed by atoms with Crippen molar-refractivity contribution in [2.24, 2.45) is 22.9 Å². The Balaban J connectivity index is 1.32. The van der Waals surface area contributed by atoms with Crippen molar-refractivity contribution in [3.8, 4) is 17.2 Å². The Morgan fingerprint density at radius 2 is 1.60 bits per heavy atom. The van der Waals surface area contributed by atoms with Crippen molar-refractivity contribution in [2.45, 2.75) is 82.3 Å². The van der Waals surface area contributed by atoms with Crippen LogP contribution >= 0.6 is 0 Å². The Morgan fingerprint density at radius 1 is 0.886 bits per heavy atom. The van der Waals surface area contributed by atoms with Crippen LogP contribution in [0.15, 0.2) is 151 Å². The average Bonchev–Trinajstić information content (AvgIpc) is 3.37. The van der Waals surface area contributed by atoms with Gasteiger partial charge in [-0.25, -0.2) is 9.18 Å². The summed E-state index contributed by atoms with van der Waals surface area (Å²) in [4.78, 5) is 33.5. The summed E-state index contributed by atoms with van der Waals surface area (Å²) in [6.45, 7) is 7.99. The van der Waals surface area contributed by atoms with Crippen LogP contribution in [-0.4, -0.2) is 70.1 Å². The zero-order valence-electron chi connectivity index (χ0n) is 39.2. The van der Waals surface area contributed by atoms with Gasteiger partial charge in [0.2, 0.25) is 5.79 Å². The molecule has 0 saturated heterocycles. The number of carbonyl (C=O) groups excluding carboxylic acids is 1. The summed E-state index contributed by atoms with van der Waals surface area (Å²) < 4.78 is 41.5. The van der Waals surface area contributed by atoms with Crippen LogP contribution in [-0.2, 0) is 27.5 Å². The van der Waals surface area contributed by atoms with Crippen molar-refractivity contribution in [2.75, 3.05) is 26.4 Å². The molecule has 1 saturated carbocycles. The Kier molecular flexibility index (Phi) is 16.4. The number of allylic oxidation sites excluding steroid dienone is 1. The van der Waals surface area contributed by atoms with Crippen molar-refractivity contribution >= 4 is 28.3 Å². The van der Waals surface area contributed by atoms with Crippen LogP contribution in [0.3, 0.4) is 0 Å². The van der Waals surface area contributed by atoms with Gasteiger partial charge in [-0.15, -0.1) is 13.2 Å². The van der Waals surface area contributed by atoms with E-state index in [1.54, 1.807) is 41.3 Å². The summed E-state index contributed by atoms with van der Waals surface area (Å²) in [5.41, 5.74) is 3.47. The van der Waals surface area contributed by atoms with Crippen LogP contribution in [0.1, 0.15) is 74.0 Å². The second-order valence-corrected chi connectivity index (χ2v) is 18.0. The maximum absolute atomic E-state index is 14.8. The number of nitro benzene ring substituents is 1. The SMILES string of the molecule is C=CCCOC(=O)N(Cc1ccc(F)cc1)C1CC(=NOCc2ccc([N+](=O)[O-])cc2)C2=CC(CCCCO)C(CCCCO)C3c4cc(Oc5ccc6ccccc6c5)ccc4OC1(OCC=C)C23. The minimum Gasteiger partial charge on any atom is -0.459 e. The molecular formula is C56H60FN3O10. The molecule has 6 unspecified atom stereocenters. The topological polar surface area (TPSA) is 162 Å². The number of aliphatic hydroxyl groups is 2. The first kappa shape index (κ1) is 49.5. The fourth-order valence-corrected chi connectivity index (χ4v) is 10.4. The van der Waals surface area contributed by atoms with E-state index in [1.165, 1.54) is 24.3 Å². The van der Waals surface area contributed by atoms with E-state index in [2.05, 4.69) is 25.3 Å². The highest BCUT2D eigenvalue weighted by Crippen LogP contribution is 2.62. The molecule has 70 heavy (non-hydrogen) atoms. The van der Waals surface area contributed by atoms with E-state index in [0.29, 0.717) is 53.3 Å². The molecule has 366 valence electrons. The minimum atomic E-state index is -1.60. The van der Waals surface area contributed by atoms with E-state index in [4.69, 9.17) is 28.9 Å². The zero-order valence-corrected chi connectivity index (χ0v) is 39.2. The number of amides is 1. The van der Waals surface area contributed by atoms with Gasteiger partial charge in [0.05, 0.1) is 29.8 Å². The summed E-state index contributed by atoms with van der Waals surface area (Å²) in [5, 5.41) is 38.5. The lowest BCUT2D eigenvalue weighted by molar-refractivity contribution is -0.384. The number of benzene rings is 5. The van der Waals surface area contributed by atoms with Gasteiger partial charge in [0.15, 0.2) is 0 Å². The van der Waals surface area contributed by atoms with E-state index < -0.39 is 34.6 Å². The summed E-state index contributed by atoms with van der Waals surface area (Å²) in [6.07, 6.45) is 9.52. The van der Waals surface area contributed by atoms with Crippen LogP contribution in [0.25, 0.3) is 10.8 Å². The molecule has 0 aromatic heterocycles. The molecule has 2 N–H and O–H groups in total. The summed E-state index contributed by atoms with van der Waals surface area (Å²) >= 11 is 0. The van der Waals surface area contributed by atoms with Crippen molar-refractivity contribution in [1.29, 1.82) is 0 Å². The summed E-state index contributed by atoms with van der Waals surface area (Å²) in [7, 11) is 0. The number of rotatable bonds is 23. The molecule has 6 atom stereocenters. The molecule has 3 aliphatic rings. The third-order valence-corrected chi connectivity index (χ3v) is 13.6. The van der Waals surface area contributed by atoms with Gasteiger partial charge in [-0.05, 0) is 126 Å². The molecular weight excluding hydrogens is 894 g/mol. The number of non-ortho nitro benzene ring substituents is 1. The third-order valence-electron chi connectivity index (χ3n) is 13.6. The highest BCUT2D eigenvalue weighted by atomic mass is 19.1. The van der Waals surface area contributed by atoms with Gasteiger partial charge in [0, 0.05) is 49.8 Å². The molecule has 13 nitrogen and oxygen atoms in total. The lowest BCUT2D eigenvalue weighted by Gasteiger charge is -2.59. The molecule has 1 fully saturated rings. The monoisotopic (exact) mass is 953 g/mol. The van der Waals surface area contributed by atoms with Crippen LogP contribution < -0.4 is 9.47 Å². The molecule has 1 aliphatic heterocycles. The first-order valence-electron chi connectivity index (χ1n) is 24.1. The quantitative estimate of drug-likeness (QED) is 0.0279. The Labute approximate surface area is 407 Å². The fourth-order valence-electron chi connectivity index (χ4n) is 10.4. The number of aliphatic hydroxyl groups excluding tert-OH is 2. The Hall–Kier alpha value is -6.87. The number of hydrogen-bond acceptors (Lipinski definition) is 11. The third kappa shape index (κ3) is 11.1. The van der Waals surface area contributed by atoms with Crippen molar-refractivity contribution in [1.82, 2.24) is 4.90 Å². The fraction of sp³-hybridized carbons (Fsp3) is 0.357. The van der Waals surface area contributed by atoms with Crippen LogP contribution in [0.2, 0.25) is 0 Å². The number of carbonyl (C=O) groups is 1. The molecule has 14 heteroatoms. The van der Waals surface area contributed by atoms with Crippen molar-refractivity contribution in [3.63, 3.8) is 0 Å². The molecule has 1 amide bonds. The van der Waals surface area contributed by atoms with Crippen LogP contribution in [0.4, 0.5) is 14.9 Å². The van der Waals surface area contributed by atoms with Crippen molar-refractivity contribution < 1.29 is 48.1 Å². The number of unbranched alkanes of at least 4 members (excludes halogenated alkanes) is 2. The largest absolute Gasteiger partial charge is 0.459 e. The minimum absolute atomic E-state index is 0.00690. The van der Waals surface area contributed by atoms with Gasteiger partial charge in [-0.2, -0.15) is 0 Å². The van der Waals surface area contributed by atoms with E-state index in [-0.39, 0.29) is 69.4 Å². The van der Waals surface area contributed by atoms with E-state index in [9.17, 15) is 29.5 Å². The molecule has 0 bridgehead atoms. The van der Waals surface area contributed by atoms with Gasteiger partial charge in [0.25, 0.3) is 5.69 Å². The molecule has 5 aromatic rings. The number of nitro groups is 1. The number of halogens is 1. The Bertz CT molecular complexity index is 2690. The Morgan fingerprint density at radius 3 is 2.33 bits per heavy atom. The standard InChI is InChI=1S/C56H60FN3O10/c1-3-5-31-66-55(63)59(36-38-16-21-43(57)22-17-38)52-35-50(58-68-37-39-18-23-44(24-19-39)60(64)65)48-33-42(14-8-10-28-61)47(15-9-11-29-62)53-49-34-46(69-45-25-20-40-12-6-7-13-41(40)32-45)26-27-51(49)70-56(52,54(48)53)67-30-4-2/h3-4,6-7,12-13,16-27,32-34,42,47,52-54,61-62H,1-2,5,8-11,14-15,28-31,35-37H2.